The lowest BCUT2D eigenvalue weighted by atomic mass is 10.0. The molecule has 0 saturated carbocycles. The van der Waals surface area contributed by atoms with Gasteiger partial charge in [0.15, 0.2) is 12.4 Å². The Morgan fingerprint density at radius 3 is 2.14 bits per heavy atom. The summed E-state index contributed by atoms with van der Waals surface area (Å²) in [5.41, 5.74) is 2.76. The standard InChI is InChI=1S/C30H25ClN2O4/c31-24-13-16-27(26(19-24)29(35)22-9-5-2-6-10-22)33-28(34)20-37-25-14-11-23(12-15-25)30(36)32-18-17-21-7-3-1-4-8-21/h1-16,19H,17-18,20H2,(H,32,36)(H,33,34). The number of rotatable bonds is 10. The molecule has 0 aliphatic rings. The molecule has 37 heavy (non-hydrogen) atoms. The summed E-state index contributed by atoms with van der Waals surface area (Å²) in [6.07, 6.45) is 0.745. The van der Waals surface area contributed by atoms with Crippen molar-refractivity contribution in [3.8, 4) is 5.75 Å². The minimum absolute atomic E-state index is 0.182. The number of carbonyl (C=O) groups excluding carboxylic acids is 3. The number of hydrogen-bond donors (Lipinski definition) is 2. The number of ketones is 1. The predicted molar refractivity (Wildman–Crippen MR) is 144 cm³/mol. The zero-order valence-electron chi connectivity index (χ0n) is 19.9. The molecule has 186 valence electrons. The molecule has 4 aromatic carbocycles. The molecule has 0 heterocycles. The fourth-order valence-corrected chi connectivity index (χ4v) is 3.84. The van der Waals surface area contributed by atoms with E-state index in [-0.39, 0.29) is 23.9 Å². The topological polar surface area (TPSA) is 84.5 Å². The van der Waals surface area contributed by atoms with Gasteiger partial charge in [0.1, 0.15) is 5.75 Å². The molecule has 2 amide bonds. The van der Waals surface area contributed by atoms with Crippen molar-refractivity contribution in [2.75, 3.05) is 18.5 Å². The number of benzene rings is 4. The summed E-state index contributed by atoms with van der Waals surface area (Å²) in [7, 11) is 0. The van der Waals surface area contributed by atoms with Crippen molar-refractivity contribution < 1.29 is 19.1 Å². The lowest BCUT2D eigenvalue weighted by molar-refractivity contribution is -0.118. The van der Waals surface area contributed by atoms with Crippen molar-refractivity contribution >= 4 is 34.9 Å². The Hall–Kier alpha value is -4.42. The summed E-state index contributed by atoms with van der Waals surface area (Å²) >= 11 is 6.10. The van der Waals surface area contributed by atoms with Gasteiger partial charge >= 0.3 is 0 Å². The van der Waals surface area contributed by atoms with Crippen LogP contribution in [0, 0.1) is 0 Å². The van der Waals surface area contributed by atoms with Gasteiger partial charge in [-0.1, -0.05) is 72.3 Å². The van der Waals surface area contributed by atoms with Crippen LogP contribution >= 0.6 is 11.6 Å². The quantitative estimate of drug-likeness (QED) is 0.272. The largest absolute Gasteiger partial charge is 0.484 e. The van der Waals surface area contributed by atoms with E-state index in [4.69, 9.17) is 16.3 Å². The highest BCUT2D eigenvalue weighted by Gasteiger charge is 2.16. The van der Waals surface area contributed by atoms with Gasteiger partial charge < -0.3 is 15.4 Å². The van der Waals surface area contributed by atoms with E-state index in [0.29, 0.717) is 34.1 Å². The first-order valence-electron chi connectivity index (χ1n) is 11.7. The van der Waals surface area contributed by atoms with Crippen LogP contribution in [0.3, 0.4) is 0 Å². The van der Waals surface area contributed by atoms with Crippen LogP contribution in [0.15, 0.2) is 103 Å². The molecular weight excluding hydrogens is 488 g/mol. The molecule has 0 bridgehead atoms. The number of anilines is 1. The Morgan fingerprint density at radius 1 is 0.757 bits per heavy atom. The second kappa shape index (κ2) is 12.5. The van der Waals surface area contributed by atoms with Crippen molar-refractivity contribution in [2.24, 2.45) is 0 Å². The monoisotopic (exact) mass is 512 g/mol. The van der Waals surface area contributed by atoms with Gasteiger partial charge in [-0.2, -0.15) is 0 Å². The summed E-state index contributed by atoms with van der Waals surface area (Å²) in [6, 6.07) is 29.9. The third kappa shape index (κ3) is 7.29. The number of hydrogen-bond acceptors (Lipinski definition) is 4. The van der Waals surface area contributed by atoms with Gasteiger partial charge in [0.05, 0.1) is 5.69 Å². The number of nitrogens with one attached hydrogen (secondary N) is 2. The van der Waals surface area contributed by atoms with Crippen LogP contribution in [-0.4, -0.2) is 30.7 Å². The highest BCUT2D eigenvalue weighted by molar-refractivity contribution is 6.31. The number of ether oxygens (including phenoxy) is 1. The normalized spacial score (nSPS) is 10.4. The van der Waals surface area contributed by atoms with E-state index >= 15 is 0 Å². The van der Waals surface area contributed by atoms with Crippen LogP contribution in [0.4, 0.5) is 5.69 Å². The average Bonchev–Trinajstić information content (AvgIpc) is 2.94. The lowest BCUT2D eigenvalue weighted by Gasteiger charge is -2.12. The number of carbonyl (C=O) groups is 3. The second-order valence-electron chi connectivity index (χ2n) is 8.24. The molecule has 0 saturated heterocycles. The fourth-order valence-electron chi connectivity index (χ4n) is 3.66. The van der Waals surface area contributed by atoms with Crippen LogP contribution < -0.4 is 15.4 Å². The van der Waals surface area contributed by atoms with E-state index < -0.39 is 5.91 Å². The van der Waals surface area contributed by atoms with Gasteiger partial charge in [0.2, 0.25) is 0 Å². The Labute approximate surface area is 220 Å². The molecule has 0 atom stereocenters. The Balaban J connectivity index is 1.30. The molecular formula is C30H25ClN2O4. The van der Waals surface area contributed by atoms with Crippen LogP contribution in [-0.2, 0) is 11.2 Å². The molecule has 0 aliphatic carbocycles. The van der Waals surface area contributed by atoms with Crippen molar-refractivity contribution in [3.05, 3.63) is 130 Å². The van der Waals surface area contributed by atoms with Crippen molar-refractivity contribution in [3.63, 3.8) is 0 Å². The molecule has 0 radical (unpaired) electrons. The summed E-state index contributed by atoms with van der Waals surface area (Å²) in [4.78, 5) is 37.9. The van der Waals surface area contributed by atoms with Crippen LogP contribution in [0.25, 0.3) is 0 Å². The third-order valence-corrected chi connectivity index (χ3v) is 5.80. The average molecular weight is 513 g/mol. The van der Waals surface area contributed by atoms with E-state index in [1.165, 1.54) is 6.07 Å². The van der Waals surface area contributed by atoms with E-state index in [1.807, 2.05) is 36.4 Å². The number of amides is 2. The maximum Gasteiger partial charge on any atom is 0.262 e. The molecule has 0 spiro atoms. The van der Waals surface area contributed by atoms with Crippen LogP contribution in [0.2, 0.25) is 5.02 Å². The molecule has 7 heteroatoms. The summed E-state index contributed by atoms with van der Waals surface area (Å²) in [5.74, 6) is -0.435. The molecule has 4 aromatic rings. The van der Waals surface area contributed by atoms with Crippen molar-refractivity contribution in [2.45, 2.75) is 6.42 Å². The van der Waals surface area contributed by atoms with Gasteiger partial charge in [-0.15, -0.1) is 0 Å². The van der Waals surface area contributed by atoms with Crippen molar-refractivity contribution in [1.29, 1.82) is 0 Å². The molecule has 4 rings (SSSR count). The Bertz CT molecular complexity index is 1370. The zero-order chi connectivity index (χ0) is 26.0. The molecule has 0 aliphatic heterocycles. The van der Waals surface area contributed by atoms with Gasteiger partial charge in [-0.05, 0) is 54.4 Å². The van der Waals surface area contributed by atoms with Gasteiger partial charge in [-0.3, -0.25) is 14.4 Å². The van der Waals surface area contributed by atoms with E-state index in [1.54, 1.807) is 60.7 Å². The smallest absolute Gasteiger partial charge is 0.262 e. The summed E-state index contributed by atoms with van der Waals surface area (Å²) < 4.78 is 5.57. The van der Waals surface area contributed by atoms with E-state index in [0.717, 1.165) is 12.0 Å². The molecule has 0 aromatic heterocycles. The third-order valence-electron chi connectivity index (χ3n) is 5.56. The SMILES string of the molecule is O=C(COc1ccc(C(=O)NCCc2ccccc2)cc1)Nc1ccc(Cl)cc1C(=O)c1ccccc1. The fraction of sp³-hybridized carbons (Fsp3) is 0.100. The predicted octanol–water partition coefficient (Wildman–Crippen LogP) is 5.56. The van der Waals surface area contributed by atoms with Gasteiger partial charge in [0.25, 0.3) is 11.8 Å². The van der Waals surface area contributed by atoms with E-state index in [2.05, 4.69) is 10.6 Å². The Morgan fingerprint density at radius 2 is 1.43 bits per heavy atom. The maximum absolute atomic E-state index is 12.9. The number of halogens is 1. The Kier molecular flexibility index (Phi) is 8.68. The maximum atomic E-state index is 12.9. The van der Waals surface area contributed by atoms with Gasteiger partial charge in [0, 0.05) is 28.3 Å². The molecule has 6 nitrogen and oxygen atoms in total. The first-order valence-corrected chi connectivity index (χ1v) is 12.1. The van der Waals surface area contributed by atoms with E-state index in [9.17, 15) is 14.4 Å². The molecule has 0 fully saturated rings. The summed E-state index contributed by atoms with van der Waals surface area (Å²) in [5, 5.41) is 6.00. The minimum Gasteiger partial charge on any atom is -0.484 e. The van der Waals surface area contributed by atoms with Gasteiger partial charge in [-0.25, -0.2) is 0 Å². The first kappa shape index (κ1) is 25.7. The highest BCUT2D eigenvalue weighted by Crippen LogP contribution is 2.24. The van der Waals surface area contributed by atoms with Crippen LogP contribution in [0.5, 0.6) is 5.75 Å². The van der Waals surface area contributed by atoms with Crippen LogP contribution in [0.1, 0.15) is 31.8 Å². The minimum atomic E-state index is -0.438. The lowest BCUT2D eigenvalue weighted by Crippen LogP contribution is -2.25. The highest BCUT2D eigenvalue weighted by atomic mass is 35.5. The molecule has 0 unspecified atom stereocenters. The van der Waals surface area contributed by atoms with Crippen molar-refractivity contribution in [1.82, 2.24) is 5.32 Å². The zero-order valence-corrected chi connectivity index (χ0v) is 20.7. The second-order valence-corrected chi connectivity index (χ2v) is 8.67. The summed E-state index contributed by atoms with van der Waals surface area (Å²) in [6.45, 7) is 0.255. The first-order chi connectivity index (χ1) is 18.0. The molecule has 2 N–H and O–H groups in total.